The lowest BCUT2D eigenvalue weighted by Crippen LogP contribution is -2.20. The minimum Gasteiger partial charge on any atom is -0.347 e. The lowest BCUT2D eigenvalue weighted by Gasteiger charge is -2.24. The topological polar surface area (TPSA) is 47.9 Å². The zero-order chi connectivity index (χ0) is 14.9. The van der Waals surface area contributed by atoms with Gasteiger partial charge in [0.05, 0.1) is 12.1 Å². The molecule has 1 aliphatic heterocycles. The first kappa shape index (κ1) is 14.5. The maximum atomic E-state index is 10.8. The molecule has 21 heavy (non-hydrogen) atoms. The molecule has 1 atom stereocenters. The molecule has 4 heteroatoms. The van der Waals surface area contributed by atoms with Crippen molar-refractivity contribution < 1.29 is 14.3 Å². The van der Waals surface area contributed by atoms with E-state index in [2.05, 4.69) is 17.1 Å². The molecular formula is C17H21NO3. The monoisotopic (exact) mass is 287 g/mol. The predicted molar refractivity (Wildman–Crippen MR) is 78.6 cm³/mol. The average Bonchev–Trinajstić information content (AvgIpc) is 3.07. The number of nitrogens with zero attached hydrogens (tertiary/aromatic N) is 1. The molecule has 112 valence electrons. The molecule has 0 aromatic heterocycles. The molecule has 0 N–H and O–H groups in total. The molecule has 2 fully saturated rings. The van der Waals surface area contributed by atoms with E-state index in [1.54, 1.807) is 6.08 Å². The van der Waals surface area contributed by atoms with Crippen LogP contribution < -0.4 is 0 Å². The van der Waals surface area contributed by atoms with E-state index in [9.17, 15) is 4.79 Å². The summed E-state index contributed by atoms with van der Waals surface area (Å²) < 4.78 is 11.6. The Morgan fingerprint density at radius 2 is 2.05 bits per heavy atom. The summed E-state index contributed by atoms with van der Waals surface area (Å²) in [6.45, 7) is 4.40. The van der Waals surface area contributed by atoms with E-state index in [1.165, 1.54) is 0 Å². The molecule has 0 radical (unpaired) electrons. The number of hydrogen-bond acceptors (Lipinski definition) is 4. The van der Waals surface area contributed by atoms with Gasteiger partial charge in [-0.2, -0.15) is 4.99 Å². The van der Waals surface area contributed by atoms with Gasteiger partial charge in [-0.1, -0.05) is 37.1 Å². The Kier molecular flexibility index (Phi) is 3.70. The zero-order valence-corrected chi connectivity index (χ0v) is 12.6. The molecule has 1 heterocycles. The van der Waals surface area contributed by atoms with Crippen molar-refractivity contribution in [2.75, 3.05) is 6.61 Å². The molecule has 0 amide bonds. The van der Waals surface area contributed by atoms with Crippen LogP contribution in [0.1, 0.15) is 56.8 Å². The van der Waals surface area contributed by atoms with E-state index in [0.29, 0.717) is 6.61 Å². The van der Waals surface area contributed by atoms with Crippen molar-refractivity contribution >= 4 is 6.08 Å². The van der Waals surface area contributed by atoms with Gasteiger partial charge >= 0.3 is 0 Å². The van der Waals surface area contributed by atoms with Crippen LogP contribution in [0.5, 0.6) is 0 Å². The van der Waals surface area contributed by atoms with Gasteiger partial charge < -0.3 is 9.47 Å². The fraction of sp³-hybridized carbons (Fsp3) is 0.588. The zero-order valence-electron chi connectivity index (χ0n) is 12.6. The van der Waals surface area contributed by atoms with Crippen LogP contribution in [0.4, 0.5) is 0 Å². The van der Waals surface area contributed by atoms with E-state index in [4.69, 9.17) is 9.47 Å². The van der Waals surface area contributed by atoms with Crippen LogP contribution in [0.25, 0.3) is 0 Å². The lowest BCUT2D eigenvalue weighted by atomic mass is 9.87. The second-order valence-corrected chi connectivity index (χ2v) is 6.38. The molecule has 0 bridgehead atoms. The van der Waals surface area contributed by atoms with Gasteiger partial charge in [-0.25, -0.2) is 4.79 Å². The summed E-state index contributed by atoms with van der Waals surface area (Å²) in [6.07, 6.45) is 5.75. The third-order valence-corrected chi connectivity index (χ3v) is 4.49. The summed E-state index contributed by atoms with van der Waals surface area (Å²) in [5.74, 6) is -0.535. The second kappa shape index (κ2) is 5.38. The lowest BCUT2D eigenvalue weighted by molar-refractivity contribution is -0.139. The van der Waals surface area contributed by atoms with Crippen LogP contribution in [-0.2, 0) is 19.8 Å². The van der Waals surface area contributed by atoms with Gasteiger partial charge in [0, 0.05) is 0 Å². The summed E-state index contributed by atoms with van der Waals surface area (Å²) in [5, 5.41) is 0. The molecule has 1 aromatic rings. The first-order chi connectivity index (χ1) is 10.0. The summed E-state index contributed by atoms with van der Waals surface area (Å²) in [4.78, 5) is 15.0. The normalized spacial score (nSPS) is 26.5. The average molecular weight is 287 g/mol. The van der Waals surface area contributed by atoms with Gasteiger partial charge in [0.15, 0.2) is 5.79 Å². The number of isocyanates is 1. The molecule has 4 nitrogen and oxygen atoms in total. The largest absolute Gasteiger partial charge is 0.347 e. The van der Waals surface area contributed by atoms with Crippen LogP contribution in [0.3, 0.4) is 0 Å². The summed E-state index contributed by atoms with van der Waals surface area (Å²) in [7, 11) is 0. The molecule has 1 saturated carbocycles. The van der Waals surface area contributed by atoms with Crippen LogP contribution in [-0.4, -0.2) is 18.5 Å². The Morgan fingerprint density at radius 1 is 1.29 bits per heavy atom. The summed E-state index contributed by atoms with van der Waals surface area (Å²) in [6, 6.07) is 8.23. The Labute approximate surface area is 125 Å². The van der Waals surface area contributed by atoms with Gasteiger partial charge in [-0.05, 0) is 37.8 Å². The quantitative estimate of drug-likeness (QED) is 0.630. The van der Waals surface area contributed by atoms with Crippen LogP contribution in [0.2, 0.25) is 0 Å². The van der Waals surface area contributed by atoms with Gasteiger partial charge in [-0.3, -0.25) is 0 Å². The van der Waals surface area contributed by atoms with E-state index >= 15 is 0 Å². The van der Waals surface area contributed by atoms with Crippen LogP contribution in [0.15, 0.2) is 29.3 Å². The van der Waals surface area contributed by atoms with Crippen LogP contribution in [0, 0.1) is 0 Å². The standard InChI is InChI=1S/C17H21NO3/c1-16(2)20-11-15(21-16)13-6-5-7-14(10-13)17(18-12-19)8-3-4-9-17/h5-7,10,15H,3-4,8-9,11H2,1-2H3. The second-order valence-electron chi connectivity index (χ2n) is 6.38. The van der Waals surface area contributed by atoms with E-state index < -0.39 is 5.79 Å². The van der Waals surface area contributed by atoms with Gasteiger partial charge in [-0.15, -0.1) is 0 Å². The third-order valence-electron chi connectivity index (χ3n) is 4.49. The van der Waals surface area contributed by atoms with Crippen molar-refractivity contribution in [3.05, 3.63) is 35.4 Å². The molecule has 2 aliphatic rings. The van der Waals surface area contributed by atoms with Crippen molar-refractivity contribution in [1.82, 2.24) is 0 Å². The number of carbonyl (C=O) groups excluding carboxylic acids is 1. The number of aliphatic imine (C=N–C) groups is 1. The Hall–Kier alpha value is -1.48. The molecule has 0 spiro atoms. The number of rotatable bonds is 3. The van der Waals surface area contributed by atoms with Gasteiger partial charge in [0.2, 0.25) is 6.08 Å². The summed E-state index contributed by atoms with van der Waals surface area (Å²) >= 11 is 0. The molecule has 3 rings (SSSR count). The van der Waals surface area contributed by atoms with Crippen molar-refractivity contribution in [2.24, 2.45) is 4.99 Å². The van der Waals surface area contributed by atoms with Crippen molar-refractivity contribution in [1.29, 1.82) is 0 Å². The highest BCUT2D eigenvalue weighted by Gasteiger charge is 2.37. The third kappa shape index (κ3) is 2.80. The van der Waals surface area contributed by atoms with Gasteiger partial charge in [0.1, 0.15) is 6.10 Å². The predicted octanol–water partition coefficient (Wildman–Crippen LogP) is 3.62. The Balaban J connectivity index is 1.91. The van der Waals surface area contributed by atoms with Gasteiger partial charge in [0.25, 0.3) is 0 Å². The Morgan fingerprint density at radius 3 is 2.67 bits per heavy atom. The van der Waals surface area contributed by atoms with E-state index in [1.807, 2.05) is 26.0 Å². The minimum atomic E-state index is -0.535. The molecule has 1 aliphatic carbocycles. The van der Waals surface area contributed by atoms with E-state index in [-0.39, 0.29) is 11.6 Å². The fourth-order valence-corrected chi connectivity index (χ4v) is 3.39. The molecular weight excluding hydrogens is 266 g/mol. The number of ether oxygens (including phenoxy) is 2. The smallest absolute Gasteiger partial charge is 0.235 e. The highest BCUT2D eigenvalue weighted by Crippen LogP contribution is 2.43. The SMILES string of the molecule is CC1(C)OCC(c2cccc(C3(N=C=O)CCCC3)c2)O1. The molecule has 1 saturated heterocycles. The summed E-state index contributed by atoms with van der Waals surface area (Å²) in [5.41, 5.74) is 1.80. The highest BCUT2D eigenvalue weighted by molar-refractivity contribution is 5.40. The van der Waals surface area contributed by atoms with Crippen molar-refractivity contribution in [3.8, 4) is 0 Å². The Bertz CT molecular complexity index is 569. The van der Waals surface area contributed by atoms with Crippen molar-refractivity contribution in [3.63, 3.8) is 0 Å². The first-order valence-corrected chi connectivity index (χ1v) is 7.56. The fourth-order valence-electron chi connectivity index (χ4n) is 3.39. The van der Waals surface area contributed by atoms with Crippen molar-refractivity contribution in [2.45, 2.75) is 57.0 Å². The number of benzene rings is 1. The van der Waals surface area contributed by atoms with Crippen LogP contribution >= 0.6 is 0 Å². The first-order valence-electron chi connectivity index (χ1n) is 7.56. The molecule has 1 aromatic carbocycles. The minimum absolute atomic E-state index is 0.0568. The maximum Gasteiger partial charge on any atom is 0.235 e. The molecule has 1 unspecified atom stereocenters. The van der Waals surface area contributed by atoms with E-state index in [0.717, 1.165) is 36.8 Å². The highest BCUT2D eigenvalue weighted by atomic mass is 16.7. The number of hydrogen-bond donors (Lipinski definition) is 0. The maximum absolute atomic E-state index is 10.8.